The molecule has 2 aromatic rings. The molecule has 184 valence electrons. The highest BCUT2D eigenvalue weighted by Crippen LogP contribution is 2.36. The molecule has 1 aliphatic carbocycles. The Bertz CT molecular complexity index is 863. The van der Waals surface area contributed by atoms with E-state index in [1.807, 2.05) is 12.4 Å². The Hall–Kier alpha value is -2.29. The van der Waals surface area contributed by atoms with Gasteiger partial charge in [-0.25, -0.2) is 9.97 Å². The SMILES string of the molecule is C=C(CCC(CC)CC1CCC(CCC)CC1)c1cnc(Cc2ccc(CCC=O)cc2)nc1. The van der Waals surface area contributed by atoms with E-state index in [2.05, 4.69) is 54.7 Å². The lowest BCUT2D eigenvalue weighted by molar-refractivity contribution is -0.107. The molecule has 3 nitrogen and oxygen atoms in total. The van der Waals surface area contributed by atoms with Crippen LogP contribution in [0.15, 0.2) is 43.2 Å². The van der Waals surface area contributed by atoms with Crippen LogP contribution in [0.1, 0.15) is 107 Å². The van der Waals surface area contributed by atoms with Gasteiger partial charge in [0.05, 0.1) is 0 Å². The zero-order chi connectivity index (χ0) is 24.2. The second kappa shape index (κ2) is 14.2. The number of allylic oxidation sites excluding steroid dienone is 1. The van der Waals surface area contributed by atoms with E-state index in [9.17, 15) is 4.79 Å². The number of hydrogen-bond donors (Lipinski definition) is 0. The van der Waals surface area contributed by atoms with E-state index in [-0.39, 0.29) is 0 Å². The number of carbonyl (C=O) groups is 1. The van der Waals surface area contributed by atoms with Crippen LogP contribution in [0.3, 0.4) is 0 Å². The third-order valence-electron chi connectivity index (χ3n) is 7.81. The van der Waals surface area contributed by atoms with Crippen LogP contribution in [0.2, 0.25) is 0 Å². The van der Waals surface area contributed by atoms with Gasteiger partial charge in [-0.05, 0) is 60.1 Å². The fraction of sp³-hybridized carbons (Fsp3) is 0.581. The predicted octanol–water partition coefficient (Wildman–Crippen LogP) is 8.02. The monoisotopic (exact) mass is 460 g/mol. The molecule has 3 heteroatoms. The Morgan fingerprint density at radius 1 is 1.03 bits per heavy atom. The summed E-state index contributed by atoms with van der Waals surface area (Å²) in [4.78, 5) is 19.8. The van der Waals surface area contributed by atoms with Gasteiger partial charge in [0.2, 0.25) is 0 Å². The molecule has 1 aromatic carbocycles. The Labute approximate surface area is 207 Å². The standard InChI is InChI=1S/C31H44N2O/c1-4-7-26-11-15-28(16-12-26)20-25(5-2)10-9-24(3)30-22-32-31(33-23-30)21-29-17-13-27(14-18-29)8-6-19-34/h13-14,17-19,22-23,25-26,28H,3-12,15-16,20-21H2,1-2H3. The maximum atomic E-state index is 10.5. The van der Waals surface area contributed by atoms with E-state index >= 15 is 0 Å². The van der Waals surface area contributed by atoms with E-state index < -0.39 is 0 Å². The molecule has 0 spiro atoms. The predicted molar refractivity (Wildman–Crippen MR) is 143 cm³/mol. The van der Waals surface area contributed by atoms with Crippen LogP contribution in [0.25, 0.3) is 5.57 Å². The van der Waals surface area contributed by atoms with Crippen LogP contribution >= 0.6 is 0 Å². The molecule has 0 bridgehead atoms. The molecule has 1 aromatic heterocycles. The Kier molecular flexibility index (Phi) is 11.0. The van der Waals surface area contributed by atoms with Crippen LogP contribution in [-0.2, 0) is 17.6 Å². The molecule has 1 atom stereocenters. The van der Waals surface area contributed by atoms with Crippen molar-refractivity contribution in [1.82, 2.24) is 9.97 Å². The fourth-order valence-corrected chi connectivity index (χ4v) is 5.51. The summed E-state index contributed by atoms with van der Waals surface area (Å²) in [5.41, 5.74) is 4.62. The van der Waals surface area contributed by atoms with E-state index in [1.54, 1.807) is 0 Å². The van der Waals surface area contributed by atoms with Gasteiger partial charge in [0.25, 0.3) is 0 Å². The summed E-state index contributed by atoms with van der Waals surface area (Å²) in [6.07, 6.45) is 20.5. The summed E-state index contributed by atoms with van der Waals surface area (Å²) in [6, 6.07) is 8.40. The summed E-state index contributed by atoms with van der Waals surface area (Å²) in [5.74, 6) is 3.58. The lowest BCUT2D eigenvalue weighted by atomic mass is 9.75. The van der Waals surface area contributed by atoms with Crippen LogP contribution in [0.5, 0.6) is 0 Å². The second-order valence-electron chi connectivity index (χ2n) is 10.4. The number of rotatable bonds is 14. The van der Waals surface area contributed by atoms with Gasteiger partial charge >= 0.3 is 0 Å². The van der Waals surface area contributed by atoms with Gasteiger partial charge in [-0.1, -0.05) is 89.6 Å². The maximum Gasteiger partial charge on any atom is 0.132 e. The molecule has 0 N–H and O–H groups in total. The van der Waals surface area contributed by atoms with E-state index in [4.69, 9.17) is 0 Å². The normalized spacial score (nSPS) is 19.0. The number of aryl methyl sites for hydroxylation is 1. The first kappa shape index (κ1) is 26.3. The van der Waals surface area contributed by atoms with Crippen molar-refractivity contribution < 1.29 is 4.79 Å². The molecule has 0 aliphatic heterocycles. The topological polar surface area (TPSA) is 42.9 Å². The molecule has 1 fully saturated rings. The molecule has 1 heterocycles. The summed E-state index contributed by atoms with van der Waals surface area (Å²) < 4.78 is 0. The Morgan fingerprint density at radius 2 is 1.68 bits per heavy atom. The van der Waals surface area contributed by atoms with E-state index in [0.29, 0.717) is 6.42 Å². The zero-order valence-electron chi connectivity index (χ0n) is 21.5. The number of carbonyl (C=O) groups excluding carboxylic acids is 1. The van der Waals surface area contributed by atoms with Gasteiger partial charge in [-0.2, -0.15) is 0 Å². The highest BCUT2D eigenvalue weighted by atomic mass is 16.1. The molecular weight excluding hydrogens is 416 g/mol. The van der Waals surface area contributed by atoms with Crippen molar-refractivity contribution in [2.24, 2.45) is 17.8 Å². The summed E-state index contributed by atoms with van der Waals surface area (Å²) in [5, 5.41) is 0. The molecule has 34 heavy (non-hydrogen) atoms. The summed E-state index contributed by atoms with van der Waals surface area (Å²) in [6.45, 7) is 9.02. The van der Waals surface area contributed by atoms with Gasteiger partial charge < -0.3 is 4.79 Å². The van der Waals surface area contributed by atoms with Crippen molar-refractivity contribution in [1.29, 1.82) is 0 Å². The highest BCUT2D eigenvalue weighted by Gasteiger charge is 2.23. The molecule has 3 rings (SSSR count). The first-order valence-electron chi connectivity index (χ1n) is 13.6. The molecule has 0 amide bonds. The third-order valence-corrected chi connectivity index (χ3v) is 7.81. The van der Waals surface area contributed by atoms with Gasteiger partial charge in [0.1, 0.15) is 12.1 Å². The first-order chi connectivity index (χ1) is 16.6. The van der Waals surface area contributed by atoms with Crippen LogP contribution in [0, 0.1) is 17.8 Å². The Morgan fingerprint density at radius 3 is 2.29 bits per heavy atom. The van der Waals surface area contributed by atoms with Crippen LogP contribution in [0.4, 0.5) is 0 Å². The van der Waals surface area contributed by atoms with Gasteiger partial charge in [0, 0.05) is 30.8 Å². The number of aromatic nitrogens is 2. The molecule has 1 saturated carbocycles. The summed E-state index contributed by atoms with van der Waals surface area (Å²) in [7, 11) is 0. The minimum Gasteiger partial charge on any atom is -0.303 e. The lowest BCUT2D eigenvalue weighted by Crippen LogP contribution is -2.17. The van der Waals surface area contributed by atoms with Gasteiger partial charge in [-0.15, -0.1) is 0 Å². The smallest absolute Gasteiger partial charge is 0.132 e. The van der Waals surface area contributed by atoms with Crippen LogP contribution in [-0.4, -0.2) is 16.3 Å². The molecule has 1 unspecified atom stereocenters. The van der Waals surface area contributed by atoms with Crippen molar-refractivity contribution >= 4 is 11.9 Å². The number of aldehydes is 1. The number of hydrogen-bond acceptors (Lipinski definition) is 3. The average Bonchev–Trinajstić information content (AvgIpc) is 2.87. The molecule has 1 aliphatic rings. The third kappa shape index (κ3) is 8.49. The van der Waals surface area contributed by atoms with Crippen molar-refractivity contribution in [2.45, 2.75) is 97.3 Å². The van der Waals surface area contributed by atoms with Crippen molar-refractivity contribution in [3.05, 3.63) is 65.8 Å². The zero-order valence-corrected chi connectivity index (χ0v) is 21.5. The first-order valence-corrected chi connectivity index (χ1v) is 13.6. The minimum absolute atomic E-state index is 0.576. The van der Waals surface area contributed by atoms with Crippen molar-refractivity contribution in [3.63, 3.8) is 0 Å². The molecule has 0 radical (unpaired) electrons. The average molecular weight is 461 g/mol. The molecular formula is C31H44N2O. The Balaban J connectivity index is 1.43. The quantitative estimate of drug-likeness (QED) is 0.268. The fourth-order valence-electron chi connectivity index (χ4n) is 5.51. The van der Waals surface area contributed by atoms with Crippen LogP contribution < -0.4 is 0 Å². The molecule has 0 saturated heterocycles. The van der Waals surface area contributed by atoms with Crippen molar-refractivity contribution in [2.75, 3.05) is 0 Å². The lowest BCUT2D eigenvalue weighted by Gasteiger charge is -2.30. The largest absolute Gasteiger partial charge is 0.303 e. The van der Waals surface area contributed by atoms with E-state index in [1.165, 1.54) is 68.9 Å². The highest BCUT2D eigenvalue weighted by molar-refractivity contribution is 5.61. The second-order valence-corrected chi connectivity index (χ2v) is 10.4. The summed E-state index contributed by atoms with van der Waals surface area (Å²) >= 11 is 0. The van der Waals surface area contributed by atoms with Gasteiger partial charge in [0.15, 0.2) is 0 Å². The minimum atomic E-state index is 0.576. The van der Waals surface area contributed by atoms with E-state index in [0.717, 1.165) is 60.3 Å². The van der Waals surface area contributed by atoms with Crippen molar-refractivity contribution in [3.8, 4) is 0 Å². The number of benzene rings is 1. The number of nitrogens with zero attached hydrogens (tertiary/aromatic N) is 2. The van der Waals surface area contributed by atoms with Gasteiger partial charge in [-0.3, -0.25) is 0 Å². The maximum absolute atomic E-state index is 10.5.